The Morgan fingerprint density at radius 2 is 1.86 bits per heavy atom. The van der Waals surface area contributed by atoms with Crippen LogP contribution in [0.15, 0.2) is 24.3 Å². The molecule has 1 aromatic rings. The van der Waals surface area contributed by atoms with Crippen molar-refractivity contribution in [3.8, 4) is 0 Å². The fraction of sp³-hybridized carbons (Fsp3) is 0.632. The third-order valence-corrected chi connectivity index (χ3v) is 4.61. The molecule has 1 aliphatic rings. The van der Waals surface area contributed by atoms with E-state index in [-0.39, 0.29) is 5.78 Å². The molecule has 0 spiro atoms. The lowest BCUT2D eigenvalue weighted by atomic mass is 9.85. The van der Waals surface area contributed by atoms with Crippen molar-refractivity contribution >= 4 is 5.78 Å². The molecular formula is C19H29NO. The lowest BCUT2D eigenvalue weighted by Crippen LogP contribution is -2.31. The second-order valence-corrected chi connectivity index (χ2v) is 7.16. The van der Waals surface area contributed by atoms with Gasteiger partial charge in [-0.05, 0) is 49.8 Å². The first-order valence-corrected chi connectivity index (χ1v) is 8.35. The van der Waals surface area contributed by atoms with Crippen molar-refractivity contribution in [2.75, 3.05) is 19.6 Å². The van der Waals surface area contributed by atoms with Gasteiger partial charge in [-0.3, -0.25) is 9.69 Å². The van der Waals surface area contributed by atoms with Gasteiger partial charge in [-0.15, -0.1) is 0 Å². The van der Waals surface area contributed by atoms with Gasteiger partial charge in [0.1, 0.15) is 0 Å². The summed E-state index contributed by atoms with van der Waals surface area (Å²) in [5.74, 6) is 0.262. The van der Waals surface area contributed by atoms with Crippen LogP contribution >= 0.6 is 0 Å². The summed E-state index contributed by atoms with van der Waals surface area (Å²) < 4.78 is 0. The molecule has 1 heterocycles. The van der Waals surface area contributed by atoms with Crippen molar-refractivity contribution in [2.24, 2.45) is 5.41 Å². The van der Waals surface area contributed by atoms with E-state index in [0.29, 0.717) is 12.0 Å². The van der Waals surface area contributed by atoms with Crippen LogP contribution in [0.2, 0.25) is 0 Å². The van der Waals surface area contributed by atoms with Crippen LogP contribution in [0.25, 0.3) is 0 Å². The largest absolute Gasteiger partial charge is 0.296 e. The Bertz CT molecular complexity index is 461. The molecule has 0 saturated carbocycles. The van der Waals surface area contributed by atoms with Crippen molar-refractivity contribution in [1.82, 2.24) is 4.90 Å². The van der Waals surface area contributed by atoms with Gasteiger partial charge in [0.2, 0.25) is 0 Å². The SMILES string of the molecule is CCCc1ccc(C(=O)CN2CCCC(C)(C)CC2)cc1. The zero-order chi connectivity index (χ0) is 15.3. The Labute approximate surface area is 129 Å². The molecule has 0 aliphatic carbocycles. The number of benzene rings is 1. The third kappa shape index (κ3) is 4.96. The van der Waals surface area contributed by atoms with Crippen molar-refractivity contribution in [3.05, 3.63) is 35.4 Å². The predicted molar refractivity (Wildman–Crippen MR) is 88.8 cm³/mol. The van der Waals surface area contributed by atoms with Gasteiger partial charge >= 0.3 is 0 Å². The van der Waals surface area contributed by atoms with Gasteiger partial charge in [0.25, 0.3) is 0 Å². The van der Waals surface area contributed by atoms with E-state index in [1.54, 1.807) is 0 Å². The monoisotopic (exact) mass is 287 g/mol. The molecule has 116 valence electrons. The fourth-order valence-corrected chi connectivity index (χ4v) is 3.08. The number of Topliss-reactive ketones (excluding diaryl/α,β-unsaturated/α-hetero) is 1. The van der Waals surface area contributed by atoms with Gasteiger partial charge in [-0.25, -0.2) is 0 Å². The first-order valence-electron chi connectivity index (χ1n) is 8.35. The highest BCUT2D eigenvalue weighted by atomic mass is 16.1. The maximum absolute atomic E-state index is 12.4. The molecular weight excluding hydrogens is 258 g/mol. The summed E-state index contributed by atoms with van der Waals surface area (Å²) in [7, 11) is 0. The topological polar surface area (TPSA) is 20.3 Å². The van der Waals surface area contributed by atoms with E-state index in [1.165, 1.54) is 24.8 Å². The summed E-state index contributed by atoms with van der Waals surface area (Å²) in [6, 6.07) is 8.19. The molecule has 21 heavy (non-hydrogen) atoms. The van der Waals surface area contributed by atoms with Gasteiger partial charge in [0, 0.05) is 5.56 Å². The summed E-state index contributed by atoms with van der Waals surface area (Å²) in [5.41, 5.74) is 2.61. The van der Waals surface area contributed by atoms with Crippen LogP contribution in [0.5, 0.6) is 0 Å². The lowest BCUT2D eigenvalue weighted by molar-refractivity contribution is 0.0930. The number of carbonyl (C=O) groups is 1. The first kappa shape index (κ1) is 16.2. The maximum Gasteiger partial charge on any atom is 0.176 e. The average Bonchev–Trinajstić information content (AvgIpc) is 2.61. The molecule has 0 atom stereocenters. The van der Waals surface area contributed by atoms with Crippen LogP contribution in [0.4, 0.5) is 0 Å². The summed E-state index contributed by atoms with van der Waals surface area (Å²) in [4.78, 5) is 14.7. The van der Waals surface area contributed by atoms with Crippen LogP contribution in [0.1, 0.15) is 62.4 Å². The second kappa shape index (κ2) is 7.22. The number of ketones is 1. The molecule has 1 aromatic carbocycles. The van der Waals surface area contributed by atoms with Crippen molar-refractivity contribution in [3.63, 3.8) is 0 Å². The normalized spacial score (nSPS) is 19.2. The minimum Gasteiger partial charge on any atom is -0.296 e. The molecule has 1 saturated heterocycles. The van der Waals surface area contributed by atoms with E-state index in [1.807, 2.05) is 12.1 Å². The number of nitrogens with zero attached hydrogens (tertiary/aromatic N) is 1. The third-order valence-electron chi connectivity index (χ3n) is 4.61. The Balaban J connectivity index is 1.91. The Morgan fingerprint density at radius 3 is 2.52 bits per heavy atom. The van der Waals surface area contributed by atoms with Crippen molar-refractivity contribution < 1.29 is 4.79 Å². The molecule has 1 fully saturated rings. The molecule has 2 nitrogen and oxygen atoms in total. The van der Waals surface area contributed by atoms with Gasteiger partial charge in [0.15, 0.2) is 5.78 Å². The van der Waals surface area contributed by atoms with Crippen LogP contribution in [0, 0.1) is 5.41 Å². The fourth-order valence-electron chi connectivity index (χ4n) is 3.08. The highest BCUT2D eigenvalue weighted by molar-refractivity contribution is 5.97. The Morgan fingerprint density at radius 1 is 1.14 bits per heavy atom. The van der Waals surface area contributed by atoms with Crippen molar-refractivity contribution in [1.29, 1.82) is 0 Å². The number of rotatable bonds is 5. The van der Waals surface area contributed by atoms with E-state index < -0.39 is 0 Å². The van der Waals surface area contributed by atoms with Crippen LogP contribution in [0.3, 0.4) is 0 Å². The van der Waals surface area contributed by atoms with Gasteiger partial charge in [-0.2, -0.15) is 0 Å². The molecule has 1 aliphatic heterocycles. The average molecular weight is 287 g/mol. The minimum atomic E-state index is 0.262. The van der Waals surface area contributed by atoms with Gasteiger partial charge < -0.3 is 0 Å². The molecule has 0 unspecified atom stereocenters. The number of likely N-dealkylation sites (tertiary alicyclic amines) is 1. The van der Waals surface area contributed by atoms with E-state index in [2.05, 4.69) is 37.8 Å². The quantitative estimate of drug-likeness (QED) is 0.751. The van der Waals surface area contributed by atoms with Crippen LogP contribution < -0.4 is 0 Å². The number of carbonyl (C=O) groups excluding carboxylic acids is 1. The molecule has 2 rings (SSSR count). The molecule has 0 aromatic heterocycles. The molecule has 0 amide bonds. The zero-order valence-electron chi connectivity index (χ0n) is 13.8. The maximum atomic E-state index is 12.4. The first-order chi connectivity index (χ1) is 10.00. The summed E-state index contributed by atoms with van der Waals surface area (Å²) in [5, 5.41) is 0. The Hall–Kier alpha value is -1.15. The van der Waals surface area contributed by atoms with E-state index in [0.717, 1.165) is 31.5 Å². The predicted octanol–water partition coefficient (Wildman–Crippen LogP) is 4.33. The Kier molecular flexibility index (Phi) is 5.58. The minimum absolute atomic E-state index is 0.262. The van der Waals surface area contributed by atoms with E-state index in [9.17, 15) is 4.79 Å². The van der Waals surface area contributed by atoms with Crippen molar-refractivity contribution in [2.45, 2.75) is 52.9 Å². The molecule has 0 N–H and O–H groups in total. The van der Waals surface area contributed by atoms with Crippen LogP contribution in [-0.4, -0.2) is 30.3 Å². The lowest BCUT2D eigenvalue weighted by Gasteiger charge is -2.22. The van der Waals surface area contributed by atoms with Gasteiger partial charge in [-0.1, -0.05) is 51.5 Å². The number of hydrogen-bond donors (Lipinski definition) is 0. The summed E-state index contributed by atoms with van der Waals surface area (Å²) >= 11 is 0. The molecule has 0 radical (unpaired) electrons. The number of aryl methyl sites for hydroxylation is 1. The van der Waals surface area contributed by atoms with Gasteiger partial charge in [0.05, 0.1) is 6.54 Å². The summed E-state index contributed by atoms with van der Waals surface area (Å²) in [6.07, 6.45) is 5.90. The second-order valence-electron chi connectivity index (χ2n) is 7.16. The van der Waals surface area contributed by atoms with E-state index in [4.69, 9.17) is 0 Å². The van der Waals surface area contributed by atoms with Crippen LogP contribution in [-0.2, 0) is 6.42 Å². The zero-order valence-corrected chi connectivity index (χ0v) is 13.8. The molecule has 0 bridgehead atoms. The summed E-state index contributed by atoms with van der Waals surface area (Å²) in [6.45, 7) is 9.54. The van der Waals surface area contributed by atoms with E-state index >= 15 is 0 Å². The highest BCUT2D eigenvalue weighted by Gasteiger charge is 2.24. The smallest absolute Gasteiger partial charge is 0.176 e. The highest BCUT2D eigenvalue weighted by Crippen LogP contribution is 2.29. The number of hydrogen-bond acceptors (Lipinski definition) is 2. The standard InChI is InChI=1S/C19H29NO/c1-4-6-16-7-9-17(10-8-16)18(21)15-20-13-5-11-19(2,3)12-14-20/h7-10H,4-6,11-15H2,1-3H3. The molecule has 2 heteroatoms.